The predicted octanol–water partition coefficient (Wildman–Crippen LogP) is 4.08. The van der Waals surface area contributed by atoms with Crippen LogP contribution in [0.15, 0.2) is 42.5 Å². The van der Waals surface area contributed by atoms with E-state index < -0.39 is 0 Å². The van der Waals surface area contributed by atoms with E-state index in [1.807, 2.05) is 56.3 Å². The van der Waals surface area contributed by atoms with Gasteiger partial charge < -0.3 is 4.74 Å². The smallest absolute Gasteiger partial charge is 0.185 e. The molecule has 0 aliphatic rings. The molecule has 0 spiro atoms. The third-order valence-electron chi connectivity index (χ3n) is 3.92. The van der Waals surface area contributed by atoms with Gasteiger partial charge in [0.15, 0.2) is 5.78 Å². The van der Waals surface area contributed by atoms with Crippen LogP contribution in [-0.4, -0.2) is 23.1 Å². The molecule has 0 saturated heterocycles. The fourth-order valence-electron chi connectivity index (χ4n) is 2.56. The molecule has 23 heavy (non-hydrogen) atoms. The number of H-pyrrole nitrogens is 1. The first-order valence-corrected chi connectivity index (χ1v) is 7.40. The molecule has 3 rings (SSSR count). The summed E-state index contributed by atoms with van der Waals surface area (Å²) in [5.74, 6) is 0.782. The molecule has 0 saturated carbocycles. The first-order chi connectivity index (χ1) is 11.1. The van der Waals surface area contributed by atoms with Crippen LogP contribution in [0.1, 0.15) is 27.3 Å². The Morgan fingerprint density at radius 2 is 1.87 bits per heavy atom. The number of fused-ring (bicyclic) bond motifs is 1. The molecule has 0 amide bonds. The fourth-order valence-corrected chi connectivity index (χ4v) is 2.56. The first kappa shape index (κ1) is 15.0. The van der Waals surface area contributed by atoms with Crippen molar-refractivity contribution in [3.8, 4) is 5.75 Å². The van der Waals surface area contributed by atoms with Crippen molar-refractivity contribution in [3.63, 3.8) is 0 Å². The Morgan fingerprint density at radius 3 is 2.57 bits per heavy atom. The van der Waals surface area contributed by atoms with Gasteiger partial charge in [-0.3, -0.25) is 9.89 Å². The fraction of sp³-hybridized carbons (Fsp3) is 0.158. The Balaban J connectivity index is 1.89. The van der Waals surface area contributed by atoms with E-state index in [1.165, 1.54) is 0 Å². The number of carbonyl (C=O) groups is 1. The standard InChI is InChI=1S/C19H18N2O2/c1-12-18(13(2)21-20-12)8-9-19(22)16-5-4-15-11-17(23-3)7-6-14(15)10-16/h4-11H,1-3H3,(H,20,21)/b9-8+. The number of aromatic nitrogens is 2. The van der Waals surface area contributed by atoms with E-state index in [0.29, 0.717) is 5.56 Å². The number of ketones is 1. The van der Waals surface area contributed by atoms with Gasteiger partial charge in [0.25, 0.3) is 0 Å². The number of carbonyl (C=O) groups excluding carboxylic acids is 1. The van der Waals surface area contributed by atoms with Gasteiger partial charge in [-0.25, -0.2) is 0 Å². The summed E-state index contributed by atoms with van der Waals surface area (Å²) >= 11 is 0. The van der Waals surface area contributed by atoms with Crippen LogP contribution in [0.2, 0.25) is 0 Å². The zero-order valence-electron chi connectivity index (χ0n) is 13.4. The highest BCUT2D eigenvalue weighted by atomic mass is 16.5. The molecular weight excluding hydrogens is 288 g/mol. The minimum Gasteiger partial charge on any atom is -0.497 e. The van der Waals surface area contributed by atoms with Crippen LogP contribution < -0.4 is 4.74 Å². The Morgan fingerprint density at radius 1 is 1.13 bits per heavy atom. The topological polar surface area (TPSA) is 55.0 Å². The maximum absolute atomic E-state index is 12.4. The summed E-state index contributed by atoms with van der Waals surface area (Å²) in [5, 5.41) is 9.10. The number of methoxy groups -OCH3 is 1. The normalized spacial score (nSPS) is 11.3. The lowest BCUT2D eigenvalue weighted by Gasteiger charge is -2.04. The highest BCUT2D eigenvalue weighted by Crippen LogP contribution is 2.22. The van der Waals surface area contributed by atoms with Crippen molar-refractivity contribution in [2.75, 3.05) is 7.11 Å². The summed E-state index contributed by atoms with van der Waals surface area (Å²) in [5.41, 5.74) is 3.47. The third-order valence-corrected chi connectivity index (χ3v) is 3.92. The van der Waals surface area contributed by atoms with Crippen LogP contribution >= 0.6 is 0 Å². The number of benzene rings is 2. The monoisotopic (exact) mass is 306 g/mol. The number of aryl methyl sites for hydroxylation is 2. The van der Waals surface area contributed by atoms with Crippen LogP contribution in [0.3, 0.4) is 0 Å². The lowest BCUT2D eigenvalue weighted by molar-refractivity contribution is 0.104. The van der Waals surface area contributed by atoms with E-state index in [-0.39, 0.29) is 5.78 Å². The summed E-state index contributed by atoms with van der Waals surface area (Å²) in [6, 6.07) is 11.5. The van der Waals surface area contributed by atoms with Gasteiger partial charge >= 0.3 is 0 Å². The second-order valence-electron chi connectivity index (χ2n) is 5.47. The summed E-state index contributed by atoms with van der Waals surface area (Å²) in [7, 11) is 1.64. The second kappa shape index (κ2) is 6.08. The van der Waals surface area contributed by atoms with Gasteiger partial charge in [-0.1, -0.05) is 18.2 Å². The van der Waals surface area contributed by atoms with Crippen LogP contribution in [0.25, 0.3) is 16.8 Å². The van der Waals surface area contributed by atoms with Crippen molar-refractivity contribution in [3.05, 3.63) is 65.0 Å². The summed E-state index contributed by atoms with van der Waals surface area (Å²) in [4.78, 5) is 12.4. The number of aromatic amines is 1. The van der Waals surface area contributed by atoms with Gasteiger partial charge in [-0.2, -0.15) is 5.10 Å². The third kappa shape index (κ3) is 3.01. The molecule has 0 fully saturated rings. The highest BCUT2D eigenvalue weighted by molar-refractivity contribution is 6.08. The first-order valence-electron chi connectivity index (χ1n) is 7.40. The largest absolute Gasteiger partial charge is 0.497 e. The van der Waals surface area contributed by atoms with Gasteiger partial charge in [0.1, 0.15) is 5.75 Å². The highest BCUT2D eigenvalue weighted by Gasteiger charge is 2.06. The van der Waals surface area contributed by atoms with E-state index in [2.05, 4.69) is 10.2 Å². The second-order valence-corrected chi connectivity index (χ2v) is 5.47. The number of hydrogen-bond acceptors (Lipinski definition) is 3. The number of hydrogen-bond donors (Lipinski definition) is 1. The Bertz CT molecular complexity index is 887. The maximum Gasteiger partial charge on any atom is 0.185 e. The quantitative estimate of drug-likeness (QED) is 0.583. The average molecular weight is 306 g/mol. The number of nitrogens with one attached hydrogen (secondary N) is 1. The van der Waals surface area contributed by atoms with E-state index in [9.17, 15) is 4.79 Å². The molecule has 116 valence electrons. The molecule has 0 bridgehead atoms. The molecule has 4 nitrogen and oxygen atoms in total. The Kier molecular flexibility index (Phi) is 3.98. The zero-order valence-corrected chi connectivity index (χ0v) is 13.4. The van der Waals surface area contributed by atoms with E-state index >= 15 is 0 Å². The van der Waals surface area contributed by atoms with Crippen LogP contribution in [0.4, 0.5) is 0 Å². The molecule has 1 heterocycles. The molecule has 1 aromatic heterocycles. The van der Waals surface area contributed by atoms with Gasteiger partial charge in [0.05, 0.1) is 12.8 Å². The Hall–Kier alpha value is -2.88. The molecule has 0 radical (unpaired) electrons. The SMILES string of the molecule is COc1ccc2cc(C(=O)/C=C/c3c(C)n[nH]c3C)ccc2c1. The van der Waals surface area contributed by atoms with E-state index in [4.69, 9.17) is 4.74 Å². The van der Waals surface area contributed by atoms with Crippen LogP contribution in [-0.2, 0) is 0 Å². The maximum atomic E-state index is 12.4. The zero-order chi connectivity index (χ0) is 16.4. The van der Waals surface area contributed by atoms with Crippen LogP contribution in [0.5, 0.6) is 5.75 Å². The van der Waals surface area contributed by atoms with Gasteiger partial charge in [0.2, 0.25) is 0 Å². The van der Waals surface area contributed by atoms with E-state index in [1.54, 1.807) is 13.2 Å². The minimum absolute atomic E-state index is 0.0253. The molecule has 0 aliphatic carbocycles. The van der Waals surface area contributed by atoms with Gasteiger partial charge in [-0.15, -0.1) is 0 Å². The summed E-state index contributed by atoms with van der Waals surface area (Å²) in [6.45, 7) is 3.85. The number of rotatable bonds is 4. The van der Waals surface area contributed by atoms with E-state index in [0.717, 1.165) is 33.5 Å². The predicted molar refractivity (Wildman–Crippen MR) is 91.9 cm³/mol. The molecule has 3 aromatic rings. The number of nitrogens with zero attached hydrogens (tertiary/aromatic N) is 1. The Labute approximate surface area is 134 Å². The summed E-state index contributed by atoms with van der Waals surface area (Å²) < 4.78 is 5.22. The van der Waals surface area contributed by atoms with Crippen molar-refractivity contribution in [1.29, 1.82) is 0 Å². The minimum atomic E-state index is -0.0253. The summed E-state index contributed by atoms with van der Waals surface area (Å²) in [6.07, 6.45) is 3.41. The van der Waals surface area contributed by atoms with Gasteiger partial charge in [-0.05, 0) is 55.0 Å². The molecule has 4 heteroatoms. The average Bonchev–Trinajstić information content (AvgIpc) is 2.90. The van der Waals surface area contributed by atoms with Crippen molar-refractivity contribution in [2.24, 2.45) is 0 Å². The van der Waals surface area contributed by atoms with Crippen molar-refractivity contribution >= 4 is 22.6 Å². The molecule has 1 N–H and O–H groups in total. The lowest BCUT2D eigenvalue weighted by Crippen LogP contribution is -1.94. The molecule has 0 unspecified atom stereocenters. The van der Waals surface area contributed by atoms with Crippen molar-refractivity contribution in [2.45, 2.75) is 13.8 Å². The van der Waals surface area contributed by atoms with Crippen molar-refractivity contribution < 1.29 is 9.53 Å². The molecule has 0 aliphatic heterocycles. The van der Waals surface area contributed by atoms with Crippen LogP contribution in [0, 0.1) is 13.8 Å². The molecular formula is C19H18N2O2. The molecule has 2 aromatic carbocycles. The van der Waals surface area contributed by atoms with Gasteiger partial charge in [0, 0.05) is 16.8 Å². The number of ether oxygens (including phenoxy) is 1. The lowest BCUT2D eigenvalue weighted by atomic mass is 10.0. The van der Waals surface area contributed by atoms with Crippen molar-refractivity contribution in [1.82, 2.24) is 10.2 Å². The number of allylic oxidation sites excluding steroid dienone is 1. The molecule has 0 atom stereocenters.